The van der Waals surface area contributed by atoms with Crippen LogP contribution in [0.1, 0.15) is 32.3 Å². The van der Waals surface area contributed by atoms with Crippen LogP contribution in [-0.2, 0) is 4.74 Å². The third-order valence-corrected chi connectivity index (χ3v) is 3.45. The number of phenolic OH excluding ortho intramolecular Hbond substituents is 1. The van der Waals surface area contributed by atoms with E-state index in [1.165, 1.54) is 12.1 Å². The van der Waals surface area contributed by atoms with Gasteiger partial charge in [-0.05, 0) is 17.7 Å². The van der Waals surface area contributed by atoms with Crippen LogP contribution in [0.2, 0.25) is 0 Å². The number of nitrogens with two attached hydrogens (primary N) is 1. The van der Waals surface area contributed by atoms with Gasteiger partial charge in [0, 0.05) is 5.41 Å². The van der Waals surface area contributed by atoms with E-state index in [4.69, 9.17) is 10.5 Å². The van der Waals surface area contributed by atoms with Crippen LogP contribution in [0.3, 0.4) is 0 Å². The molecule has 5 heteroatoms. The summed E-state index contributed by atoms with van der Waals surface area (Å²) in [5.74, 6) is 0.0115. The SMILES string of the molecule is CC(C)(C)C1=C(C#N)C(c2ccc(O)cc2)C(C#N)=C(N)O1. The molecule has 1 atom stereocenters. The molecule has 22 heavy (non-hydrogen) atoms. The molecule has 0 fully saturated rings. The van der Waals surface area contributed by atoms with Crippen LogP contribution in [0.15, 0.2) is 47.1 Å². The Labute approximate surface area is 129 Å². The molecule has 0 radical (unpaired) electrons. The lowest BCUT2D eigenvalue weighted by atomic mass is 9.79. The first-order valence-corrected chi connectivity index (χ1v) is 6.81. The zero-order chi connectivity index (χ0) is 16.5. The van der Waals surface area contributed by atoms with Gasteiger partial charge in [0.2, 0.25) is 5.88 Å². The molecule has 3 N–H and O–H groups in total. The Morgan fingerprint density at radius 3 is 2.09 bits per heavy atom. The van der Waals surface area contributed by atoms with E-state index in [-0.39, 0.29) is 17.2 Å². The molecule has 0 saturated carbocycles. The van der Waals surface area contributed by atoms with Gasteiger partial charge >= 0.3 is 0 Å². The van der Waals surface area contributed by atoms with Crippen molar-refractivity contribution in [3.05, 3.63) is 52.6 Å². The maximum absolute atomic E-state index is 9.60. The molecule has 0 saturated heterocycles. The summed E-state index contributed by atoms with van der Waals surface area (Å²) >= 11 is 0. The minimum Gasteiger partial charge on any atom is -0.508 e. The van der Waals surface area contributed by atoms with Gasteiger partial charge in [-0.2, -0.15) is 10.5 Å². The first-order valence-electron chi connectivity index (χ1n) is 6.81. The van der Waals surface area contributed by atoms with Crippen molar-refractivity contribution < 1.29 is 9.84 Å². The van der Waals surface area contributed by atoms with E-state index < -0.39 is 11.3 Å². The van der Waals surface area contributed by atoms with Crippen molar-refractivity contribution in [2.75, 3.05) is 0 Å². The minimum atomic E-state index is -0.585. The summed E-state index contributed by atoms with van der Waals surface area (Å²) < 4.78 is 5.58. The minimum absolute atomic E-state index is 0.0181. The highest BCUT2D eigenvalue weighted by atomic mass is 16.5. The van der Waals surface area contributed by atoms with E-state index in [2.05, 4.69) is 6.07 Å². The van der Waals surface area contributed by atoms with Crippen molar-refractivity contribution in [3.63, 3.8) is 0 Å². The van der Waals surface area contributed by atoms with Crippen molar-refractivity contribution in [3.8, 4) is 17.9 Å². The van der Waals surface area contributed by atoms with E-state index in [9.17, 15) is 15.6 Å². The molecule has 0 aromatic heterocycles. The topological polar surface area (TPSA) is 103 Å². The number of nitrogens with zero attached hydrogens (tertiary/aromatic N) is 2. The van der Waals surface area contributed by atoms with Crippen LogP contribution in [0.4, 0.5) is 0 Å². The first kappa shape index (κ1) is 15.5. The molecular weight excluding hydrogens is 278 g/mol. The van der Waals surface area contributed by atoms with E-state index in [0.29, 0.717) is 16.9 Å². The van der Waals surface area contributed by atoms with Crippen molar-refractivity contribution in [1.82, 2.24) is 0 Å². The molecule has 1 unspecified atom stereocenters. The van der Waals surface area contributed by atoms with Gasteiger partial charge < -0.3 is 15.6 Å². The summed E-state index contributed by atoms with van der Waals surface area (Å²) in [4.78, 5) is 0. The fraction of sp³-hybridized carbons (Fsp3) is 0.294. The number of nitriles is 2. The highest BCUT2D eigenvalue weighted by Gasteiger charge is 2.37. The number of ether oxygens (including phenoxy) is 1. The smallest absolute Gasteiger partial charge is 0.205 e. The highest BCUT2D eigenvalue weighted by molar-refractivity contribution is 5.54. The van der Waals surface area contributed by atoms with E-state index in [1.807, 2.05) is 26.8 Å². The Balaban J connectivity index is 2.70. The largest absolute Gasteiger partial charge is 0.508 e. The lowest BCUT2D eigenvalue weighted by Crippen LogP contribution is -2.26. The van der Waals surface area contributed by atoms with Crippen LogP contribution in [0, 0.1) is 28.1 Å². The second kappa shape index (κ2) is 5.46. The third kappa shape index (κ3) is 2.62. The van der Waals surface area contributed by atoms with Gasteiger partial charge in [-0.3, -0.25) is 0 Å². The van der Waals surface area contributed by atoms with Gasteiger partial charge in [0.05, 0.1) is 17.6 Å². The molecule has 1 aliphatic rings. The molecule has 0 amide bonds. The Hall–Kier alpha value is -2.92. The van der Waals surface area contributed by atoms with Crippen LogP contribution in [-0.4, -0.2) is 5.11 Å². The number of aromatic hydroxyl groups is 1. The normalized spacial score (nSPS) is 18.5. The summed E-state index contributed by atoms with van der Waals surface area (Å²) in [5, 5.41) is 28.4. The Morgan fingerprint density at radius 1 is 1.09 bits per heavy atom. The number of hydrogen-bond acceptors (Lipinski definition) is 5. The molecule has 1 aromatic rings. The first-order chi connectivity index (χ1) is 10.3. The van der Waals surface area contributed by atoms with Gasteiger partial charge in [-0.15, -0.1) is 0 Å². The number of benzene rings is 1. The summed E-state index contributed by atoms with van der Waals surface area (Å²) in [7, 11) is 0. The van der Waals surface area contributed by atoms with Gasteiger partial charge in [0.15, 0.2) is 0 Å². The molecule has 1 aromatic carbocycles. The van der Waals surface area contributed by atoms with Crippen molar-refractivity contribution in [1.29, 1.82) is 10.5 Å². The quantitative estimate of drug-likeness (QED) is 0.828. The fourth-order valence-corrected chi connectivity index (χ4v) is 2.43. The molecule has 2 rings (SSSR count). The summed E-state index contributed by atoms with van der Waals surface area (Å²) in [5.41, 5.74) is 6.74. The van der Waals surface area contributed by atoms with Gasteiger partial charge in [-0.1, -0.05) is 32.9 Å². The summed E-state index contributed by atoms with van der Waals surface area (Å²) in [6, 6.07) is 10.6. The van der Waals surface area contributed by atoms with Gasteiger partial charge in [0.1, 0.15) is 23.2 Å². The molecule has 0 aliphatic carbocycles. The third-order valence-electron chi connectivity index (χ3n) is 3.45. The maximum atomic E-state index is 9.60. The van der Waals surface area contributed by atoms with Gasteiger partial charge in [-0.25, -0.2) is 0 Å². The van der Waals surface area contributed by atoms with Crippen LogP contribution >= 0.6 is 0 Å². The Kier molecular flexibility index (Phi) is 3.84. The van der Waals surface area contributed by atoms with Crippen LogP contribution < -0.4 is 5.73 Å². The van der Waals surface area contributed by atoms with Crippen LogP contribution in [0.25, 0.3) is 0 Å². The zero-order valence-corrected chi connectivity index (χ0v) is 12.7. The molecule has 1 heterocycles. The second-order valence-electron chi connectivity index (χ2n) is 6.12. The Morgan fingerprint density at radius 2 is 1.64 bits per heavy atom. The fourth-order valence-electron chi connectivity index (χ4n) is 2.43. The standard InChI is InChI=1S/C17H17N3O2/c1-17(2,3)15-12(8-18)14(13(9-19)16(20)22-15)10-4-6-11(21)7-5-10/h4-7,14,21H,20H2,1-3H3. The van der Waals surface area contributed by atoms with E-state index in [1.54, 1.807) is 12.1 Å². The zero-order valence-electron chi connectivity index (χ0n) is 12.7. The predicted molar refractivity (Wildman–Crippen MR) is 80.9 cm³/mol. The maximum Gasteiger partial charge on any atom is 0.205 e. The molecule has 0 bridgehead atoms. The van der Waals surface area contributed by atoms with Crippen molar-refractivity contribution in [2.45, 2.75) is 26.7 Å². The average molecular weight is 295 g/mol. The molecule has 1 aliphatic heterocycles. The Bertz CT molecular complexity index is 738. The molecule has 0 spiro atoms. The number of rotatable bonds is 1. The average Bonchev–Trinajstić information content (AvgIpc) is 2.46. The molecule has 112 valence electrons. The lowest BCUT2D eigenvalue weighted by molar-refractivity contribution is 0.199. The number of hydrogen-bond donors (Lipinski definition) is 2. The highest BCUT2D eigenvalue weighted by Crippen LogP contribution is 2.44. The number of allylic oxidation sites excluding steroid dienone is 3. The summed E-state index contributed by atoms with van der Waals surface area (Å²) in [6.45, 7) is 5.74. The second-order valence-corrected chi connectivity index (χ2v) is 6.12. The van der Waals surface area contributed by atoms with Crippen LogP contribution in [0.5, 0.6) is 5.75 Å². The predicted octanol–water partition coefficient (Wildman–Crippen LogP) is 3.02. The monoisotopic (exact) mass is 295 g/mol. The van der Waals surface area contributed by atoms with Crippen molar-refractivity contribution >= 4 is 0 Å². The summed E-state index contributed by atoms with van der Waals surface area (Å²) in [6.07, 6.45) is 0. The van der Waals surface area contributed by atoms with Gasteiger partial charge in [0.25, 0.3) is 0 Å². The molecule has 5 nitrogen and oxygen atoms in total. The van der Waals surface area contributed by atoms with Crippen molar-refractivity contribution in [2.24, 2.45) is 11.1 Å². The van der Waals surface area contributed by atoms with E-state index in [0.717, 1.165) is 0 Å². The molecular formula is C17H17N3O2. The lowest BCUT2D eigenvalue weighted by Gasteiger charge is -2.32. The van der Waals surface area contributed by atoms with E-state index >= 15 is 0 Å². The number of phenols is 1.